The average molecular weight is 349 g/mol. The molecule has 0 saturated carbocycles. The zero-order valence-electron chi connectivity index (χ0n) is 10.8. The summed E-state index contributed by atoms with van der Waals surface area (Å²) in [5.74, 6) is 1.71. The van der Waals surface area contributed by atoms with Crippen molar-refractivity contribution in [2.45, 2.75) is 32.2 Å². The summed E-state index contributed by atoms with van der Waals surface area (Å²) in [4.78, 5) is 0. The monoisotopic (exact) mass is 348 g/mol. The highest BCUT2D eigenvalue weighted by Crippen LogP contribution is 2.25. The average Bonchev–Trinajstić information content (AvgIpc) is 2.96. The van der Waals surface area contributed by atoms with Gasteiger partial charge in [-0.15, -0.1) is 21.5 Å². The summed E-state index contributed by atoms with van der Waals surface area (Å²) in [7, 11) is 0. The molecule has 0 bridgehead atoms. The van der Waals surface area contributed by atoms with Gasteiger partial charge in [0, 0.05) is 13.0 Å². The van der Waals surface area contributed by atoms with Crippen molar-refractivity contribution in [3.63, 3.8) is 0 Å². The summed E-state index contributed by atoms with van der Waals surface area (Å²) in [6.45, 7) is 0.907. The minimum Gasteiger partial charge on any atom is -0.310 e. The molecular weight excluding hydrogens is 336 g/mol. The van der Waals surface area contributed by atoms with Crippen LogP contribution in [0.3, 0.4) is 0 Å². The number of thiophene rings is 1. The van der Waals surface area contributed by atoms with Gasteiger partial charge in [-0.2, -0.15) is 5.26 Å². The van der Waals surface area contributed by atoms with Crippen molar-refractivity contribution in [2.24, 2.45) is 0 Å². The van der Waals surface area contributed by atoms with Gasteiger partial charge in [-0.05, 0) is 51.9 Å². The number of aromatic nitrogens is 3. The van der Waals surface area contributed by atoms with Crippen LogP contribution in [0.5, 0.6) is 0 Å². The van der Waals surface area contributed by atoms with Gasteiger partial charge in [0.05, 0.1) is 9.36 Å². The first kappa shape index (κ1) is 13.5. The van der Waals surface area contributed by atoms with Crippen molar-refractivity contribution < 1.29 is 0 Å². The number of nitriles is 1. The fourth-order valence-corrected chi connectivity index (χ4v) is 3.53. The van der Waals surface area contributed by atoms with Crippen LogP contribution in [0.15, 0.2) is 15.2 Å². The molecule has 6 heteroatoms. The zero-order valence-corrected chi connectivity index (χ0v) is 13.2. The predicted octanol–water partition coefficient (Wildman–Crippen LogP) is 3.89. The lowest BCUT2D eigenvalue weighted by Crippen LogP contribution is -2.05. The molecule has 2 aromatic rings. The van der Waals surface area contributed by atoms with Gasteiger partial charge >= 0.3 is 0 Å². The Bertz CT molecular complexity index is 692. The fraction of sp³-hybridized carbons (Fsp3) is 0.357. The largest absolute Gasteiger partial charge is 0.310 e. The smallest absolute Gasteiger partial charge is 0.174 e. The summed E-state index contributed by atoms with van der Waals surface area (Å²) in [5.41, 5.74) is 1.60. The molecule has 0 amide bonds. The van der Waals surface area contributed by atoms with Crippen LogP contribution in [0.1, 0.15) is 36.5 Å². The maximum atomic E-state index is 9.43. The lowest BCUT2D eigenvalue weighted by atomic mass is 10.2. The lowest BCUT2D eigenvalue weighted by Gasteiger charge is -2.05. The lowest BCUT2D eigenvalue weighted by molar-refractivity contribution is 0.627. The second-order valence-corrected chi connectivity index (χ2v) is 7.05. The standard InChI is InChI=1S/C14H13BrN4S/c15-12-7-10(9-20-12)6-11(8-16)14-18-17-13-4-2-1-3-5-19(13)14/h6-7,9H,1-5H2/b11-6+. The van der Waals surface area contributed by atoms with Gasteiger partial charge in [-0.3, -0.25) is 0 Å². The van der Waals surface area contributed by atoms with Crippen molar-refractivity contribution in [1.82, 2.24) is 14.8 Å². The molecule has 2 aromatic heterocycles. The van der Waals surface area contributed by atoms with Crippen molar-refractivity contribution in [1.29, 1.82) is 5.26 Å². The van der Waals surface area contributed by atoms with E-state index in [0.29, 0.717) is 11.4 Å². The molecule has 1 aliphatic rings. The van der Waals surface area contributed by atoms with Crippen LogP contribution in [0.2, 0.25) is 0 Å². The SMILES string of the molecule is N#C/C(=C\c1csc(Br)c1)c1nnc2n1CCCCC2. The van der Waals surface area contributed by atoms with Gasteiger partial charge in [0.25, 0.3) is 0 Å². The molecule has 0 atom stereocenters. The molecule has 0 aliphatic carbocycles. The Morgan fingerprint density at radius 3 is 3.05 bits per heavy atom. The molecule has 0 saturated heterocycles. The third-order valence-electron chi connectivity index (χ3n) is 3.37. The first-order chi connectivity index (χ1) is 9.78. The molecule has 0 unspecified atom stereocenters. The summed E-state index contributed by atoms with van der Waals surface area (Å²) in [6, 6.07) is 4.26. The molecule has 4 nitrogen and oxygen atoms in total. The number of hydrogen-bond acceptors (Lipinski definition) is 4. The third kappa shape index (κ3) is 2.69. The number of aryl methyl sites for hydroxylation is 1. The summed E-state index contributed by atoms with van der Waals surface area (Å²) in [5, 5.41) is 19.9. The van der Waals surface area contributed by atoms with Gasteiger partial charge in [0.1, 0.15) is 11.9 Å². The van der Waals surface area contributed by atoms with E-state index in [1.54, 1.807) is 11.3 Å². The molecule has 0 radical (unpaired) electrons. The van der Waals surface area contributed by atoms with Crippen LogP contribution in [-0.2, 0) is 13.0 Å². The highest BCUT2D eigenvalue weighted by Gasteiger charge is 2.17. The molecule has 3 heterocycles. The molecule has 3 rings (SSSR count). The minimum absolute atomic E-state index is 0.580. The topological polar surface area (TPSA) is 54.5 Å². The number of rotatable bonds is 2. The minimum atomic E-state index is 0.580. The van der Waals surface area contributed by atoms with Crippen molar-refractivity contribution >= 4 is 38.9 Å². The highest BCUT2D eigenvalue weighted by atomic mass is 79.9. The van der Waals surface area contributed by atoms with E-state index >= 15 is 0 Å². The zero-order chi connectivity index (χ0) is 13.9. The van der Waals surface area contributed by atoms with Gasteiger partial charge < -0.3 is 4.57 Å². The summed E-state index contributed by atoms with van der Waals surface area (Å²) in [6.07, 6.45) is 6.33. The van der Waals surface area contributed by atoms with Crippen molar-refractivity contribution in [2.75, 3.05) is 0 Å². The molecule has 20 heavy (non-hydrogen) atoms. The normalized spacial score (nSPS) is 15.5. The predicted molar refractivity (Wildman–Crippen MR) is 83.1 cm³/mol. The van der Waals surface area contributed by atoms with E-state index in [-0.39, 0.29) is 0 Å². The van der Waals surface area contributed by atoms with E-state index in [1.165, 1.54) is 6.42 Å². The molecular formula is C14H13BrN4S. The van der Waals surface area contributed by atoms with Crippen LogP contribution in [0.4, 0.5) is 0 Å². The van der Waals surface area contributed by atoms with E-state index in [1.807, 2.05) is 17.5 Å². The maximum absolute atomic E-state index is 9.43. The van der Waals surface area contributed by atoms with Crippen LogP contribution < -0.4 is 0 Å². The van der Waals surface area contributed by atoms with Crippen LogP contribution in [0.25, 0.3) is 11.6 Å². The molecule has 1 aliphatic heterocycles. The fourth-order valence-electron chi connectivity index (χ4n) is 2.40. The van der Waals surface area contributed by atoms with Gasteiger partial charge in [0.2, 0.25) is 0 Å². The van der Waals surface area contributed by atoms with E-state index < -0.39 is 0 Å². The van der Waals surface area contributed by atoms with Crippen LogP contribution in [-0.4, -0.2) is 14.8 Å². The second-order valence-electron chi connectivity index (χ2n) is 4.76. The number of allylic oxidation sites excluding steroid dienone is 1. The second kappa shape index (κ2) is 5.90. The summed E-state index contributed by atoms with van der Waals surface area (Å²) < 4.78 is 3.16. The van der Waals surface area contributed by atoms with E-state index in [4.69, 9.17) is 0 Å². The van der Waals surface area contributed by atoms with E-state index in [2.05, 4.69) is 36.8 Å². The third-order valence-corrected chi connectivity index (χ3v) is 4.89. The number of halogens is 1. The number of fused-ring (bicyclic) bond motifs is 1. The van der Waals surface area contributed by atoms with Crippen molar-refractivity contribution in [3.05, 3.63) is 32.4 Å². The Kier molecular flexibility index (Phi) is 3.99. The molecule has 0 N–H and O–H groups in total. The maximum Gasteiger partial charge on any atom is 0.174 e. The Labute approximate surface area is 129 Å². The first-order valence-corrected chi connectivity index (χ1v) is 8.23. The van der Waals surface area contributed by atoms with Gasteiger partial charge in [-0.1, -0.05) is 6.42 Å². The van der Waals surface area contributed by atoms with Crippen molar-refractivity contribution in [3.8, 4) is 6.07 Å². The molecule has 0 fully saturated rings. The quantitative estimate of drug-likeness (QED) is 0.773. The first-order valence-electron chi connectivity index (χ1n) is 6.56. The van der Waals surface area contributed by atoms with Gasteiger partial charge in [0.15, 0.2) is 5.82 Å². The summed E-state index contributed by atoms with van der Waals surface area (Å²) >= 11 is 5.04. The molecule has 102 valence electrons. The Hall–Kier alpha value is -1.45. The number of nitrogens with zero attached hydrogens (tertiary/aromatic N) is 4. The van der Waals surface area contributed by atoms with E-state index in [0.717, 1.165) is 41.0 Å². The van der Waals surface area contributed by atoms with Gasteiger partial charge in [-0.25, -0.2) is 0 Å². The Morgan fingerprint density at radius 1 is 1.40 bits per heavy atom. The van der Waals surface area contributed by atoms with Crippen LogP contribution in [0, 0.1) is 11.3 Å². The highest BCUT2D eigenvalue weighted by molar-refractivity contribution is 9.11. The Balaban J connectivity index is 2.00. The number of hydrogen-bond donors (Lipinski definition) is 0. The van der Waals surface area contributed by atoms with Crippen LogP contribution >= 0.6 is 27.3 Å². The van der Waals surface area contributed by atoms with E-state index in [9.17, 15) is 5.26 Å². The molecule has 0 spiro atoms. The molecule has 0 aromatic carbocycles. The Morgan fingerprint density at radius 2 is 2.30 bits per heavy atom.